The molecule has 3 aliphatic rings. The minimum atomic E-state index is -0.496. The van der Waals surface area contributed by atoms with Crippen LogP contribution in [0.1, 0.15) is 33.6 Å². The Kier molecular flexibility index (Phi) is 4.75. The molecule has 1 aromatic heterocycles. The fourth-order valence-electron chi connectivity index (χ4n) is 3.55. The van der Waals surface area contributed by atoms with Crippen molar-refractivity contribution in [3.63, 3.8) is 0 Å². The maximum Gasteiger partial charge on any atom is 0.410 e. The third-order valence-corrected chi connectivity index (χ3v) is 4.96. The van der Waals surface area contributed by atoms with Crippen LogP contribution >= 0.6 is 11.6 Å². The van der Waals surface area contributed by atoms with Gasteiger partial charge < -0.3 is 24.6 Å². The van der Waals surface area contributed by atoms with Gasteiger partial charge >= 0.3 is 6.09 Å². The van der Waals surface area contributed by atoms with Crippen molar-refractivity contribution in [1.82, 2.24) is 19.9 Å². The number of halogens is 1. The highest BCUT2D eigenvalue weighted by Crippen LogP contribution is 2.29. The molecule has 9 nitrogen and oxygen atoms in total. The Balaban J connectivity index is 1.35. The summed E-state index contributed by atoms with van der Waals surface area (Å²) in [5.74, 6) is 0.999. The number of hydrogen-bond acceptors (Lipinski definition) is 8. The van der Waals surface area contributed by atoms with Gasteiger partial charge in [0.1, 0.15) is 5.60 Å². The van der Waals surface area contributed by atoms with E-state index in [9.17, 15) is 4.79 Å². The van der Waals surface area contributed by atoms with E-state index in [-0.39, 0.29) is 29.6 Å². The van der Waals surface area contributed by atoms with Crippen molar-refractivity contribution in [2.75, 3.05) is 36.4 Å². The average Bonchev–Trinajstić information content (AvgIpc) is 2.86. The molecule has 1 aromatic rings. The smallest absolute Gasteiger partial charge is 0.410 e. The number of carbonyl (C=O) groups excluding carboxylic acids is 1. The number of nitrogens with zero attached hydrogens (tertiary/aromatic N) is 5. The molecule has 0 aliphatic carbocycles. The zero-order valence-corrected chi connectivity index (χ0v) is 16.6. The van der Waals surface area contributed by atoms with Crippen LogP contribution in [0.25, 0.3) is 0 Å². The van der Waals surface area contributed by atoms with E-state index < -0.39 is 5.60 Å². The third kappa shape index (κ3) is 4.35. The van der Waals surface area contributed by atoms with Crippen molar-refractivity contribution in [2.24, 2.45) is 0 Å². The molecule has 3 saturated heterocycles. The van der Waals surface area contributed by atoms with Gasteiger partial charge in [0.05, 0.1) is 18.2 Å². The maximum absolute atomic E-state index is 12.0. The Hall–Kier alpha value is -1.87. The van der Waals surface area contributed by atoms with Crippen molar-refractivity contribution < 1.29 is 14.3 Å². The van der Waals surface area contributed by atoms with Crippen LogP contribution in [0.3, 0.4) is 0 Å². The lowest BCUT2D eigenvalue weighted by Gasteiger charge is -2.40. The molecule has 27 heavy (non-hydrogen) atoms. The van der Waals surface area contributed by atoms with Gasteiger partial charge in [-0.05, 0) is 45.2 Å². The van der Waals surface area contributed by atoms with Crippen LogP contribution in [-0.4, -0.2) is 76.0 Å². The van der Waals surface area contributed by atoms with Crippen LogP contribution in [0, 0.1) is 0 Å². The SMILES string of the molecule is CC(C)(C)OC(=O)N1CC(Nc2nc(Cl)nc(N3CC4CCC(C3)O4)n2)C1. The normalized spacial score (nSPS) is 25.3. The summed E-state index contributed by atoms with van der Waals surface area (Å²) in [5, 5.41) is 3.39. The van der Waals surface area contributed by atoms with Crippen LogP contribution in [0.15, 0.2) is 0 Å². The van der Waals surface area contributed by atoms with Crippen LogP contribution in [-0.2, 0) is 9.47 Å². The zero-order chi connectivity index (χ0) is 19.2. The molecule has 10 heteroatoms. The van der Waals surface area contributed by atoms with E-state index in [1.807, 2.05) is 20.8 Å². The molecule has 0 aromatic carbocycles. The number of fused-ring (bicyclic) bond motifs is 2. The predicted molar refractivity (Wildman–Crippen MR) is 100 cm³/mol. The number of hydrogen-bond donors (Lipinski definition) is 1. The highest BCUT2D eigenvalue weighted by atomic mass is 35.5. The summed E-state index contributed by atoms with van der Waals surface area (Å²) >= 11 is 6.11. The lowest BCUT2D eigenvalue weighted by atomic mass is 10.1. The van der Waals surface area contributed by atoms with Gasteiger partial charge in [0, 0.05) is 26.2 Å². The number of ether oxygens (including phenoxy) is 2. The average molecular weight is 397 g/mol. The molecular formula is C17H25ClN6O3. The third-order valence-electron chi connectivity index (χ3n) is 4.79. The second-order valence-corrected chi connectivity index (χ2v) is 8.66. The molecule has 2 unspecified atom stereocenters. The van der Waals surface area contributed by atoms with Gasteiger partial charge in [0.2, 0.25) is 17.2 Å². The summed E-state index contributed by atoms with van der Waals surface area (Å²) in [6.45, 7) is 8.18. The van der Waals surface area contributed by atoms with Gasteiger partial charge in [-0.1, -0.05) is 0 Å². The second kappa shape index (κ2) is 6.94. The molecule has 148 valence electrons. The van der Waals surface area contributed by atoms with Crippen LogP contribution in [0.4, 0.5) is 16.7 Å². The minimum Gasteiger partial charge on any atom is -0.444 e. The number of aromatic nitrogens is 3. The van der Waals surface area contributed by atoms with E-state index >= 15 is 0 Å². The number of anilines is 2. The Morgan fingerprint density at radius 1 is 1.15 bits per heavy atom. The van der Waals surface area contributed by atoms with Crippen molar-refractivity contribution in [3.8, 4) is 0 Å². The quantitative estimate of drug-likeness (QED) is 0.828. The van der Waals surface area contributed by atoms with Crippen molar-refractivity contribution in [2.45, 2.75) is 57.5 Å². The molecule has 3 aliphatic heterocycles. The number of nitrogens with one attached hydrogen (secondary N) is 1. The van der Waals surface area contributed by atoms with E-state index in [0.29, 0.717) is 25.0 Å². The first-order valence-electron chi connectivity index (χ1n) is 9.31. The van der Waals surface area contributed by atoms with E-state index in [4.69, 9.17) is 21.1 Å². The first-order valence-corrected chi connectivity index (χ1v) is 9.69. The molecule has 0 saturated carbocycles. The van der Waals surface area contributed by atoms with Gasteiger partial charge in [-0.2, -0.15) is 15.0 Å². The Morgan fingerprint density at radius 3 is 2.44 bits per heavy atom. The first-order chi connectivity index (χ1) is 12.7. The molecule has 0 spiro atoms. The van der Waals surface area contributed by atoms with Gasteiger partial charge in [-0.25, -0.2) is 4.79 Å². The van der Waals surface area contributed by atoms with E-state index in [1.165, 1.54) is 0 Å². The summed E-state index contributed by atoms with van der Waals surface area (Å²) in [4.78, 5) is 28.7. The fraction of sp³-hybridized carbons (Fsp3) is 0.765. The largest absolute Gasteiger partial charge is 0.444 e. The predicted octanol–water partition coefficient (Wildman–Crippen LogP) is 1.92. The summed E-state index contributed by atoms with van der Waals surface area (Å²) in [5.41, 5.74) is -0.496. The zero-order valence-electron chi connectivity index (χ0n) is 15.8. The maximum atomic E-state index is 12.0. The number of amides is 1. The molecular weight excluding hydrogens is 372 g/mol. The highest BCUT2D eigenvalue weighted by Gasteiger charge is 2.36. The number of likely N-dealkylation sites (tertiary alicyclic amines) is 1. The van der Waals surface area contributed by atoms with Gasteiger partial charge in [-0.3, -0.25) is 0 Å². The van der Waals surface area contributed by atoms with Crippen LogP contribution in [0.2, 0.25) is 5.28 Å². The second-order valence-electron chi connectivity index (χ2n) is 8.32. The lowest BCUT2D eigenvalue weighted by Crippen LogP contribution is -2.58. The Bertz CT molecular complexity index is 709. The molecule has 1 amide bonds. The van der Waals surface area contributed by atoms with E-state index in [0.717, 1.165) is 25.9 Å². The van der Waals surface area contributed by atoms with Crippen molar-refractivity contribution >= 4 is 29.6 Å². The van der Waals surface area contributed by atoms with E-state index in [2.05, 4.69) is 25.2 Å². The standard InChI is InChI=1S/C17H25ClN6O3/c1-17(2,3)27-16(25)24-6-10(7-24)19-14-20-13(18)21-15(22-14)23-8-11-4-5-12(9-23)26-11/h10-12H,4-9H2,1-3H3,(H,19,20,21,22). The van der Waals surface area contributed by atoms with Crippen LogP contribution < -0.4 is 10.2 Å². The Labute approximate surface area is 163 Å². The topological polar surface area (TPSA) is 92.7 Å². The summed E-state index contributed by atoms with van der Waals surface area (Å²) < 4.78 is 11.2. The summed E-state index contributed by atoms with van der Waals surface area (Å²) in [6.07, 6.45) is 2.33. The van der Waals surface area contributed by atoms with Crippen molar-refractivity contribution in [1.29, 1.82) is 0 Å². The molecule has 2 bridgehead atoms. The lowest BCUT2D eigenvalue weighted by molar-refractivity contribution is 0.0104. The number of carbonyl (C=O) groups is 1. The minimum absolute atomic E-state index is 0.0599. The number of morpholine rings is 1. The molecule has 4 heterocycles. The first kappa shape index (κ1) is 18.5. The summed E-state index contributed by atoms with van der Waals surface area (Å²) in [6, 6.07) is 0.0599. The van der Waals surface area contributed by atoms with E-state index in [1.54, 1.807) is 4.90 Å². The van der Waals surface area contributed by atoms with Crippen molar-refractivity contribution in [3.05, 3.63) is 5.28 Å². The molecule has 0 radical (unpaired) electrons. The number of rotatable bonds is 3. The fourth-order valence-corrected chi connectivity index (χ4v) is 3.71. The highest BCUT2D eigenvalue weighted by molar-refractivity contribution is 6.28. The Morgan fingerprint density at radius 2 is 1.81 bits per heavy atom. The van der Waals surface area contributed by atoms with Gasteiger partial charge in [0.15, 0.2) is 0 Å². The van der Waals surface area contributed by atoms with Gasteiger partial charge in [-0.15, -0.1) is 0 Å². The monoisotopic (exact) mass is 396 g/mol. The molecule has 1 N–H and O–H groups in total. The van der Waals surface area contributed by atoms with Gasteiger partial charge in [0.25, 0.3) is 0 Å². The summed E-state index contributed by atoms with van der Waals surface area (Å²) in [7, 11) is 0. The molecule has 3 fully saturated rings. The molecule has 4 rings (SSSR count). The molecule has 2 atom stereocenters. The van der Waals surface area contributed by atoms with Crippen LogP contribution in [0.5, 0.6) is 0 Å².